The van der Waals surface area contributed by atoms with Crippen LogP contribution in [0.5, 0.6) is 0 Å². The Morgan fingerprint density at radius 2 is 2.13 bits per heavy atom. The van der Waals surface area contributed by atoms with Crippen LogP contribution >= 0.6 is 11.6 Å². The van der Waals surface area contributed by atoms with Gasteiger partial charge in [-0.15, -0.1) is 5.10 Å². The molecule has 0 aliphatic rings. The normalized spacial score (nSPS) is 12.3. The highest BCUT2D eigenvalue weighted by atomic mass is 35.5. The molecular formula is C6H3ClF3N5. The Morgan fingerprint density at radius 3 is 2.80 bits per heavy atom. The molecule has 80 valence electrons. The topological polar surface area (TPSA) is 56.5 Å². The van der Waals surface area contributed by atoms with Crippen molar-refractivity contribution in [2.75, 3.05) is 0 Å². The standard InChI is InChI=1S/C6H3ClF3N5/c7-5-11-1-3-4(12-5)15(14-13-3)2-6(8,9)10/h1H,2H2. The maximum atomic E-state index is 12.1. The van der Waals surface area contributed by atoms with Gasteiger partial charge in [0.2, 0.25) is 5.28 Å². The van der Waals surface area contributed by atoms with Gasteiger partial charge in [-0.05, 0) is 11.6 Å². The zero-order valence-electron chi connectivity index (χ0n) is 7.03. The number of fused-ring (bicyclic) bond motifs is 1. The van der Waals surface area contributed by atoms with Crippen LogP contribution in [0.2, 0.25) is 5.28 Å². The summed E-state index contributed by atoms with van der Waals surface area (Å²) in [5, 5.41) is 6.64. The smallest absolute Gasteiger partial charge is 0.224 e. The molecule has 2 aromatic heterocycles. The molecule has 0 atom stereocenters. The molecule has 2 heterocycles. The van der Waals surface area contributed by atoms with E-state index in [1.54, 1.807) is 0 Å². The quantitative estimate of drug-likeness (QED) is 0.704. The third-order valence-corrected chi connectivity index (χ3v) is 1.74. The van der Waals surface area contributed by atoms with E-state index in [4.69, 9.17) is 11.6 Å². The van der Waals surface area contributed by atoms with Gasteiger partial charge in [0, 0.05) is 0 Å². The molecule has 0 radical (unpaired) electrons. The summed E-state index contributed by atoms with van der Waals surface area (Å²) in [5.41, 5.74) is 0.135. The van der Waals surface area contributed by atoms with Gasteiger partial charge in [0.15, 0.2) is 11.2 Å². The molecule has 0 spiro atoms. The lowest BCUT2D eigenvalue weighted by atomic mass is 10.5. The number of rotatable bonds is 1. The van der Waals surface area contributed by atoms with Crippen LogP contribution in [-0.2, 0) is 6.54 Å². The van der Waals surface area contributed by atoms with Crippen molar-refractivity contribution in [3.8, 4) is 0 Å². The van der Waals surface area contributed by atoms with Crippen molar-refractivity contribution in [1.29, 1.82) is 0 Å². The molecule has 0 N–H and O–H groups in total. The van der Waals surface area contributed by atoms with Crippen LogP contribution < -0.4 is 0 Å². The van der Waals surface area contributed by atoms with Crippen molar-refractivity contribution in [1.82, 2.24) is 25.0 Å². The molecule has 0 saturated carbocycles. The van der Waals surface area contributed by atoms with E-state index in [-0.39, 0.29) is 16.4 Å². The molecule has 0 amide bonds. The maximum absolute atomic E-state index is 12.1. The molecule has 5 nitrogen and oxygen atoms in total. The van der Waals surface area contributed by atoms with Gasteiger partial charge in [0.05, 0.1) is 6.20 Å². The van der Waals surface area contributed by atoms with Crippen LogP contribution in [0, 0.1) is 0 Å². The minimum absolute atomic E-state index is 0.0349. The summed E-state index contributed by atoms with van der Waals surface area (Å²) in [6.45, 7) is -1.25. The molecule has 0 saturated heterocycles. The van der Waals surface area contributed by atoms with Crippen molar-refractivity contribution < 1.29 is 13.2 Å². The summed E-state index contributed by atoms with van der Waals surface area (Å²) in [6.07, 6.45) is -3.16. The SMILES string of the molecule is FC(F)(F)Cn1nnc2cnc(Cl)nc21. The van der Waals surface area contributed by atoms with Crippen molar-refractivity contribution in [3.05, 3.63) is 11.5 Å². The predicted octanol–water partition coefficient (Wildman–Crippen LogP) is 1.44. The summed E-state index contributed by atoms with van der Waals surface area (Å²) in [4.78, 5) is 7.19. The fourth-order valence-corrected chi connectivity index (χ4v) is 1.16. The zero-order valence-corrected chi connectivity index (χ0v) is 7.79. The second-order valence-corrected chi connectivity index (χ2v) is 3.05. The number of nitrogens with zero attached hydrogens (tertiary/aromatic N) is 5. The molecule has 0 aliphatic heterocycles. The van der Waals surface area contributed by atoms with Gasteiger partial charge in [0.1, 0.15) is 6.54 Å². The third-order valence-electron chi connectivity index (χ3n) is 1.55. The van der Waals surface area contributed by atoms with Gasteiger partial charge < -0.3 is 0 Å². The number of aromatic nitrogens is 5. The lowest BCUT2D eigenvalue weighted by molar-refractivity contribution is -0.142. The molecular weight excluding hydrogens is 235 g/mol. The Morgan fingerprint density at radius 1 is 1.40 bits per heavy atom. The van der Waals surface area contributed by atoms with Crippen LogP contribution in [0.3, 0.4) is 0 Å². The van der Waals surface area contributed by atoms with Gasteiger partial charge in [-0.3, -0.25) is 0 Å². The third kappa shape index (κ3) is 2.14. The average molecular weight is 238 g/mol. The van der Waals surface area contributed by atoms with Crippen LogP contribution in [0.15, 0.2) is 6.20 Å². The second kappa shape index (κ2) is 3.30. The molecule has 0 aromatic carbocycles. The zero-order chi connectivity index (χ0) is 11.1. The molecule has 0 aliphatic carbocycles. The summed E-state index contributed by atoms with van der Waals surface area (Å²) in [5.74, 6) is 0. The molecule has 0 unspecified atom stereocenters. The molecule has 15 heavy (non-hydrogen) atoms. The van der Waals surface area contributed by atoms with Crippen LogP contribution in [0.25, 0.3) is 11.2 Å². The van der Waals surface area contributed by atoms with E-state index in [1.807, 2.05) is 0 Å². The minimum Gasteiger partial charge on any atom is -0.224 e. The summed E-state index contributed by atoms with van der Waals surface area (Å²) < 4.78 is 36.9. The lowest BCUT2D eigenvalue weighted by Crippen LogP contribution is -2.19. The van der Waals surface area contributed by atoms with Gasteiger partial charge >= 0.3 is 6.18 Å². The van der Waals surface area contributed by atoms with Gasteiger partial charge in [-0.2, -0.15) is 18.2 Å². The van der Waals surface area contributed by atoms with E-state index in [9.17, 15) is 13.2 Å². The van der Waals surface area contributed by atoms with Gasteiger partial charge in [-0.25, -0.2) is 9.67 Å². The number of alkyl halides is 3. The Bertz CT molecular complexity index is 493. The van der Waals surface area contributed by atoms with Crippen LogP contribution in [0.1, 0.15) is 0 Å². The largest absolute Gasteiger partial charge is 0.408 e. The maximum Gasteiger partial charge on any atom is 0.408 e. The average Bonchev–Trinajstić information content (AvgIpc) is 2.46. The van der Waals surface area contributed by atoms with E-state index in [2.05, 4.69) is 20.3 Å². The predicted molar refractivity (Wildman–Crippen MR) is 44.2 cm³/mol. The Hall–Kier alpha value is -1.44. The fourth-order valence-electron chi connectivity index (χ4n) is 1.03. The monoisotopic (exact) mass is 237 g/mol. The first kappa shape index (κ1) is 10.1. The molecule has 0 fully saturated rings. The second-order valence-electron chi connectivity index (χ2n) is 2.71. The highest BCUT2D eigenvalue weighted by molar-refractivity contribution is 6.28. The Balaban J connectivity index is 2.48. The Labute approximate surface area is 85.9 Å². The number of hydrogen-bond acceptors (Lipinski definition) is 4. The molecule has 0 bridgehead atoms. The van der Waals surface area contributed by atoms with Crippen LogP contribution in [0.4, 0.5) is 13.2 Å². The van der Waals surface area contributed by atoms with Crippen molar-refractivity contribution >= 4 is 22.8 Å². The molecule has 2 aromatic rings. The highest BCUT2D eigenvalue weighted by Gasteiger charge is 2.29. The van der Waals surface area contributed by atoms with Crippen molar-refractivity contribution in [2.24, 2.45) is 0 Å². The first-order valence-corrected chi connectivity index (χ1v) is 4.12. The van der Waals surface area contributed by atoms with E-state index < -0.39 is 12.7 Å². The first-order valence-electron chi connectivity index (χ1n) is 3.74. The van der Waals surface area contributed by atoms with E-state index in [1.165, 1.54) is 6.20 Å². The molecule has 9 heteroatoms. The molecule has 2 rings (SSSR count). The Kier molecular flexibility index (Phi) is 2.22. The summed E-state index contributed by atoms with van der Waals surface area (Å²) in [7, 11) is 0. The van der Waals surface area contributed by atoms with Crippen molar-refractivity contribution in [3.63, 3.8) is 0 Å². The van der Waals surface area contributed by atoms with Crippen molar-refractivity contribution in [2.45, 2.75) is 12.7 Å². The van der Waals surface area contributed by atoms with E-state index >= 15 is 0 Å². The minimum atomic E-state index is -4.38. The highest BCUT2D eigenvalue weighted by Crippen LogP contribution is 2.19. The number of halogens is 4. The first-order chi connectivity index (χ1) is 6.96. The van der Waals surface area contributed by atoms with Crippen LogP contribution in [-0.4, -0.2) is 31.1 Å². The van der Waals surface area contributed by atoms with E-state index in [0.29, 0.717) is 4.68 Å². The number of hydrogen-bond donors (Lipinski definition) is 0. The van der Waals surface area contributed by atoms with Gasteiger partial charge in [-0.1, -0.05) is 5.21 Å². The summed E-state index contributed by atoms with van der Waals surface area (Å²) >= 11 is 5.45. The van der Waals surface area contributed by atoms with Gasteiger partial charge in [0.25, 0.3) is 0 Å². The fraction of sp³-hybridized carbons (Fsp3) is 0.333. The lowest BCUT2D eigenvalue weighted by Gasteiger charge is -2.05. The summed E-state index contributed by atoms with van der Waals surface area (Å²) in [6, 6.07) is 0. The van der Waals surface area contributed by atoms with E-state index in [0.717, 1.165) is 0 Å².